The van der Waals surface area contributed by atoms with Gasteiger partial charge in [-0.05, 0) is 117 Å². The van der Waals surface area contributed by atoms with Crippen molar-refractivity contribution >= 4 is 44.5 Å². The van der Waals surface area contributed by atoms with Gasteiger partial charge in [-0.3, -0.25) is 4.57 Å². The van der Waals surface area contributed by atoms with Gasteiger partial charge in [0.15, 0.2) is 0 Å². The van der Waals surface area contributed by atoms with Crippen molar-refractivity contribution in [2.75, 3.05) is 0 Å². The van der Waals surface area contributed by atoms with Crippen LogP contribution in [0.5, 0.6) is 0 Å². The summed E-state index contributed by atoms with van der Waals surface area (Å²) in [6, 6.07) is 75.5. The third-order valence-corrected chi connectivity index (χ3v) is 14.7. The zero-order chi connectivity index (χ0) is 42.1. The van der Waals surface area contributed by atoms with E-state index in [9.17, 15) is 0 Å². The van der Waals surface area contributed by atoms with Crippen LogP contribution in [0.25, 0.3) is 94.4 Å². The first-order valence-corrected chi connectivity index (χ1v) is 23.1. The predicted octanol–water partition coefficient (Wildman–Crippen LogP) is 15.8. The van der Waals surface area contributed by atoms with Gasteiger partial charge in [-0.1, -0.05) is 188 Å². The summed E-state index contributed by atoms with van der Waals surface area (Å²) < 4.78 is 2.27. The Bertz CT molecular complexity index is 3630. The lowest BCUT2D eigenvalue weighted by atomic mass is 9.86. The lowest BCUT2D eigenvalue weighted by Gasteiger charge is -2.22. The minimum absolute atomic E-state index is 0.428. The highest BCUT2D eigenvalue weighted by atomic mass is 32.2. The largest absolute Gasteiger partial charge is 0.278 e. The van der Waals surface area contributed by atoms with E-state index in [0.717, 1.165) is 52.5 Å². The molecule has 1 aliphatic carbocycles. The Morgan fingerprint density at radius 2 is 1.17 bits per heavy atom. The Morgan fingerprint density at radius 1 is 0.484 bits per heavy atom. The maximum absolute atomic E-state index is 5.50. The van der Waals surface area contributed by atoms with Gasteiger partial charge >= 0.3 is 0 Å². The summed E-state index contributed by atoms with van der Waals surface area (Å²) in [4.78, 5) is 13.2. The summed E-state index contributed by atoms with van der Waals surface area (Å²) >= 11 is 1.82. The molecule has 0 fully saturated rings. The first kappa shape index (κ1) is 37.1. The molecule has 64 heavy (non-hydrogen) atoms. The van der Waals surface area contributed by atoms with E-state index in [4.69, 9.17) is 9.97 Å². The molecule has 1 aliphatic heterocycles. The number of nitrogens with zero attached hydrogens (tertiary/aromatic N) is 3. The van der Waals surface area contributed by atoms with Crippen LogP contribution >= 0.6 is 11.8 Å². The van der Waals surface area contributed by atoms with Gasteiger partial charge in [-0.25, -0.2) is 9.97 Å². The van der Waals surface area contributed by atoms with Gasteiger partial charge in [0, 0.05) is 31.5 Å². The molecule has 1 atom stereocenters. The van der Waals surface area contributed by atoms with E-state index in [1.165, 1.54) is 81.8 Å². The lowest BCUT2D eigenvalue weighted by molar-refractivity contribution is 0.629. The second kappa shape index (κ2) is 15.1. The molecular formula is C60H41N3S. The molecule has 9 aromatic carbocycles. The molecule has 13 rings (SSSR count). The SMILES string of the molecule is c1ccc(-c2cccc(CC3CCc4cc(-c5ccc6c(c5)c5ccccc5n6-c5nc6c7c(cccc7n5)Sc5c(-c7ccccc7)cccc5-6)ccc4-c4ccccc43)c2)cc1. The first-order valence-electron chi connectivity index (χ1n) is 22.3. The van der Waals surface area contributed by atoms with Crippen molar-refractivity contribution in [1.82, 2.24) is 14.5 Å². The van der Waals surface area contributed by atoms with Crippen LogP contribution in [0.1, 0.15) is 29.0 Å². The number of para-hydroxylation sites is 1. The maximum Gasteiger partial charge on any atom is 0.235 e. The van der Waals surface area contributed by atoms with Crippen molar-refractivity contribution in [2.24, 2.45) is 0 Å². The van der Waals surface area contributed by atoms with E-state index in [0.29, 0.717) is 11.9 Å². The second-order valence-corrected chi connectivity index (χ2v) is 18.3. The number of hydrogen-bond donors (Lipinski definition) is 0. The molecule has 2 aliphatic rings. The van der Waals surface area contributed by atoms with Gasteiger partial charge in [-0.15, -0.1) is 0 Å². The molecule has 0 amide bonds. The summed E-state index contributed by atoms with van der Waals surface area (Å²) in [7, 11) is 0. The highest BCUT2D eigenvalue weighted by molar-refractivity contribution is 8.00. The molecular weight excluding hydrogens is 795 g/mol. The number of benzene rings is 9. The quantitative estimate of drug-likeness (QED) is 0.167. The zero-order valence-corrected chi connectivity index (χ0v) is 35.9. The van der Waals surface area contributed by atoms with Crippen molar-refractivity contribution in [1.29, 1.82) is 0 Å². The van der Waals surface area contributed by atoms with E-state index in [1.54, 1.807) is 0 Å². The molecule has 0 bridgehead atoms. The van der Waals surface area contributed by atoms with Gasteiger partial charge in [0.25, 0.3) is 0 Å². The molecule has 0 N–H and O–H groups in total. The van der Waals surface area contributed by atoms with E-state index >= 15 is 0 Å². The molecule has 0 radical (unpaired) electrons. The summed E-state index contributed by atoms with van der Waals surface area (Å²) in [6.45, 7) is 0. The smallest absolute Gasteiger partial charge is 0.235 e. The molecule has 0 saturated carbocycles. The fourth-order valence-electron chi connectivity index (χ4n) is 10.5. The fraction of sp³-hybridized carbons (Fsp3) is 0.0667. The Labute approximate surface area is 376 Å². The molecule has 0 saturated heterocycles. The van der Waals surface area contributed by atoms with Gasteiger partial charge in [0.1, 0.15) is 0 Å². The number of aromatic nitrogens is 3. The van der Waals surface area contributed by atoms with Crippen LogP contribution in [0, 0.1) is 0 Å². The van der Waals surface area contributed by atoms with E-state index in [2.05, 4.69) is 211 Å². The number of fused-ring (bicyclic) bond motifs is 8. The third-order valence-electron chi connectivity index (χ3n) is 13.5. The van der Waals surface area contributed by atoms with Gasteiger partial charge in [-0.2, -0.15) is 0 Å². The Balaban J connectivity index is 0.885. The molecule has 1 unspecified atom stereocenters. The minimum atomic E-state index is 0.428. The van der Waals surface area contributed by atoms with Crippen molar-refractivity contribution in [3.8, 4) is 61.7 Å². The van der Waals surface area contributed by atoms with E-state index in [-0.39, 0.29) is 0 Å². The average Bonchev–Trinajstić information content (AvgIpc) is 3.61. The molecule has 3 nitrogen and oxygen atoms in total. The Hall–Kier alpha value is -7.53. The highest BCUT2D eigenvalue weighted by Gasteiger charge is 2.27. The van der Waals surface area contributed by atoms with Crippen LogP contribution in [0.15, 0.2) is 216 Å². The third kappa shape index (κ3) is 6.12. The Kier molecular flexibility index (Phi) is 8.73. The van der Waals surface area contributed by atoms with Gasteiger partial charge in [0.2, 0.25) is 5.95 Å². The molecule has 0 spiro atoms. The number of hydrogen-bond acceptors (Lipinski definition) is 3. The van der Waals surface area contributed by atoms with Crippen LogP contribution in [-0.4, -0.2) is 14.5 Å². The molecule has 3 heterocycles. The van der Waals surface area contributed by atoms with E-state index < -0.39 is 0 Å². The fourth-order valence-corrected chi connectivity index (χ4v) is 11.7. The number of rotatable bonds is 6. The van der Waals surface area contributed by atoms with Crippen LogP contribution in [-0.2, 0) is 12.8 Å². The predicted molar refractivity (Wildman–Crippen MR) is 266 cm³/mol. The lowest BCUT2D eigenvalue weighted by Crippen LogP contribution is -2.06. The van der Waals surface area contributed by atoms with E-state index in [1.807, 2.05) is 11.8 Å². The van der Waals surface area contributed by atoms with Gasteiger partial charge < -0.3 is 0 Å². The van der Waals surface area contributed by atoms with Crippen LogP contribution in [0.3, 0.4) is 0 Å². The summed E-state index contributed by atoms with van der Waals surface area (Å²) in [5, 5.41) is 3.50. The summed E-state index contributed by atoms with van der Waals surface area (Å²) in [5.74, 6) is 1.11. The maximum atomic E-state index is 5.50. The van der Waals surface area contributed by atoms with Crippen molar-refractivity contribution in [3.63, 3.8) is 0 Å². The first-order chi connectivity index (χ1) is 31.7. The molecule has 302 valence electrons. The Morgan fingerprint density at radius 3 is 2.08 bits per heavy atom. The minimum Gasteiger partial charge on any atom is -0.278 e. The molecule has 11 aromatic rings. The average molecular weight is 836 g/mol. The molecule has 2 aromatic heterocycles. The topological polar surface area (TPSA) is 30.7 Å². The van der Waals surface area contributed by atoms with Crippen LogP contribution in [0.4, 0.5) is 0 Å². The van der Waals surface area contributed by atoms with Gasteiger partial charge in [0.05, 0.1) is 22.2 Å². The molecule has 4 heteroatoms. The summed E-state index contributed by atoms with van der Waals surface area (Å²) in [5.41, 5.74) is 19.7. The summed E-state index contributed by atoms with van der Waals surface area (Å²) in [6.07, 6.45) is 3.14. The van der Waals surface area contributed by atoms with Crippen molar-refractivity contribution < 1.29 is 0 Å². The monoisotopic (exact) mass is 835 g/mol. The van der Waals surface area contributed by atoms with Crippen LogP contribution in [0.2, 0.25) is 0 Å². The standard InChI is InChI=1S/C60H41N3S/c1-3-15-39(16-4-1)41-19-11-14-38(34-41)35-44-28-29-45-36-42(30-32-47(45)49-21-8-7-20-46(44)49)43-31-33-55-52(37-43)50-22-9-10-26-54(50)63(55)60-61-53-25-13-27-56-57(53)58(62-60)51-24-12-23-48(59(51)64-56)40-17-5-2-6-18-40/h1-27,30-34,36-37,44H,28-29,35H2. The number of aryl methyl sites for hydroxylation is 1. The normalized spacial score (nSPS) is 14.0. The second-order valence-electron chi connectivity index (χ2n) is 17.2. The van der Waals surface area contributed by atoms with Crippen molar-refractivity contribution in [2.45, 2.75) is 35.0 Å². The zero-order valence-electron chi connectivity index (χ0n) is 35.1. The highest BCUT2D eigenvalue weighted by Crippen LogP contribution is 2.51. The van der Waals surface area contributed by atoms with Crippen molar-refractivity contribution in [3.05, 3.63) is 223 Å². The van der Waals surface area contributed by atoms with Crippen LogP contribution < -0.4 is 0 Å².